The molecule has 1 aromatic carbocycles. The van der Waals surface area contributed by atoms with Gasteiger partial charge in [-0.2, -0.15) is 0 Å². The number of hydrogen-bond acceptors (Lipinski definition) is 3. The quantitative estimate of drug-likeness (QED) is 0.677. The summed E-state index contributed by atoms with van der Waals surface area (Å²) in [4.78, 5) is 15.3. The maximum absolute atomic E-state index is 13.3. The normalized spacial score (nSPS) is 11.6. The molecule has 2 aromatic heterocycles. The van der Waals surface area contributed by atoms with E-state index in [-0.39, 0.29) is 5.56 Å². The lowest BCUT2D eigenvalue weighted by atomic mass is 9.95. The van der Waals surface area contributed by atoms with Gasteiger partial charge >= 0.3 is 0 Å². The standard InChI is InChI=1S/C22H30N4O/c1-8-16(9-2)19-13-15(4)26-20(19)22(27)25(7)21(23-26)18-11-10-17(24(5)6)12-14(18)3/h10-13,16H,8-9H2,1-7H3. The lowest BCUT2D eigenvalue weighted by Gasteiger charge is -2.17. The lowest BCUT2D eigenvalue weighted by molar-refractivity contribution is 0.644. The van der Waals surface area contributed by atoms with Gasteiger partial charge in [-0.05, 0) is 68.0 Å². The molecule has 3 aromatic rings. The first-order valence-electron chi connectivity index (χ1n) is 9.67. The molecule has 0 aliphatic heterocycles. The Morgan fingerprint density at radius 2 is 1.78 bits per heavy atom. The van der Waals surface area contributed by atoms with E-state index < -0.39 is 0 Å². The van der Waals surface area contributed by atoms with E-state index in [1.54, 1.807) is 4.57 Å². The summed E-state index contributed by atoms with van der Waals surface area (Å²) in [5.74, 6) is 1.08. The van der Waals surface area contributed by atoms with Crippen LogP contribution in [0.4, 0.5) is 5.69 Å². The van der Waals surface area contributed by atoms with Crippen molar-refractivity contribution in [3.63, 3.8) is 0 Å². The fraction of sp³-hybridized carbons (Fsp3) is 0.455. The molecule has 0 aliphatic carbocycles. The van der Waals surface area contributed by atoms with Crippen LogP contribution in [0.1, 0.15) is 49.4 Å². The van der Waals surface area contributed by atoms with Crippen LogP contribution in [0.25, 0.3) is 16.9 Å². The highest BCUT2D eigenvalue weighted by Gasteiger charge is 2.21. The molecule has 0 aliphatic rings. The minimum Gasteiger partial charge on any atom is -0.378 e. The predicted molar refractivity (Wildman–Crippen MR) is 113 cm³/mol. The number of nitrogens with zero attached hydrogens (tertiary/aromatic N) is 4. The molecule has 0 saturated heterocycles. The Hall–Kier alpha value is -2.56. The van der Waals surface area contributed by atoms with Crippen molar-refractivity contribution >= 4 is 11.2 Å². The van der Waals surface area contributed by atoms with E-state index >= 15 is 0 Å². The van der Waals surface area contributed by atoms with Crippen LogP contribution in [0.3, 0.4) is 0 Å². The molecule has 0 saturated carbocycles. The molecule has 5 heteroatoms. The van der Waals surface area contributed by atoms with Gasteiger partial charge in [0.15, 0.2) is 5.82 Å². The van der Waals surface area contributed by atoms with Gasteiger partial charge in [0.05, 0.1) is 0 Å². The summed E-state index contributed by atoms with van der Waals surface area (Å²) in [5, 5.41) is 4.88. The fourth-order valence-corrected chi connectivity index (χ4v) is 3.86. The number of aromatic nitrogens is 3. The van der Waals surface area contributed by atoms with Crippen molar-refractivity contribution in [2.45, 2.75) is 46.5 Å². The molecule has 0 N–H and O–H groups in total. The van der Waals surface area contributed by atoms with E-state index in [9.17, 15) is 4.79 Å². The monoisotopic (exact) mass is 366 g/mol. The van der Waals surface area contributed by atoms with Crippen LogP contribution in [0, 0.1) is 13.8 Å². The van der Waals surface area contributed by atoms with Crippen molar-refractivity contribution in [2.24, 2.45) is 7.05 Å². The molecule has 0 bridgehead atoms. The van der Waals surface area contributed by atoms with Crippen LogP contribution >= 0.6 is 0 Å². The first kappa shape index (κ1) is 19.2. The van der Waals surface area contributed by atoms with E-state index in [2.05, 4.69) is 49.9 Å². The van der Waals surface area contributed by atoms with Gasteiger partial charge in [0, 0.05) is 38.1 Å². The molecule has 3 rings (SSSR count). The second-order valence-electron chi connectivity index (χ2n) is 7.60. The maximum atomic E-state index is 13.3. The zero-order valence-electron chi connectivity index (χ0n) is 17.5. The Bertz CT molecular complexity index is 1040. The highest BCUT2D eigenvalue weighted by molar-refractivity contribution is 5.67. The van der Waals surface area contributed by atoms with Gasteiger partial charge in [-0.1, -0.05) is 13.8 Å². The fourth-order valence-electron chi connectivity index (χ4n) is 3.86. The third kappa shape index (κ3) is 3.15. The molecule has 2 heterocycles. The maximum Gasteiger partial charge on any atom is 0.278 e. The van der Waals surface area contributed by atoms with Crippen LogP contribution in [-0.2, 0) is 7.05 Å². The molecule has 0 amide bonds. The summed E-state index contributed by atoms with van der Waals surface area (Å²) >= 11 is 0. The number of fused-ring (bicyclic) bond motifs is 1. The number of rotatable bonds is 5. The molecule has 0 radical (unpaired) electrons. The van der Waals surface area contributed by atoms with E-state index in [4.69, 9.17) is 5.10 Å². The molecule has 144 valence electrons. The molecule has 0 fully saturated rings. The molecule has 0 atom stereocenters. The van der Waals surface area contributed by atoms with Crippen LogP contribution < -0.4 is 10.5 Å². The van der Waals surface area contributed by atoms with E-state index in [0.717, 1.165) is 46.4 Å². The van der Waals surface area contributed by atoms with Crippen molar-refractivity contribution in [1.29, 1.82) is 0 Å². The second kappa shape index (κ2) is 7.22. The Labute approximate surface area is 161 Å². The molecule has 27 heavy (non-hydrogen) atoms. The van der Waals surface area contributed by atoms with Crippen molar-refractivity contribution in [1.82, 2.24) is 14.2 Å². The lowest BCUT2D eigenvalue weighted by Crippen LogP contribution is -2.24. The molecular weight excluding hydrogens is 336 g/mol. The smallest absolute Gasteiger partial charge is 0.278 e. The van der Waals surface area contributed by atoms with Gasteiger partial charge in [0.25, 0.3) is 5.56 Å². The van der Waals surface area contributed by atoms with Gasteiger partial charge in [0.2, 0.25) is 0 Å². The second-order valence-corrected chi connectivity index (χ2v) is 7.60. The first-order valence-corrected chi connectivity index (χ1v) is 9.67. The number of benzene rings is 1. The molecule has 5 nitrogen and oxygen atoms in total. The minimum atomic E-state index is 0.0195. The van der Waals surface area contributed by atoms with E-state index in [0.29, 0.717) is 11.7 Å². The Kier molecular flexibility index (Phi) is 5.13. The summed E-state index contributed by atoms with van der Waals surface area (Å²) in [6.45, 7) is 8.44. The summed E-state index contributed by atoms with van der Waals surface area (Å²) in [6, 6.07) is 8.38. The van der Waals surface area contributed by atoms with Gasteiger partial charge in [-0.3, -0.25) is 9.36 Å². The van der Waals surface area contributed by atoms with Crippen molar-refractivity contribution in [3.8, 4) is 11.4 Å². The molecule has 0 spiro atoms. The highest BCUT2D eigenvalue weighted by Crippen LogP contribution is 2.29. The summed E-state index contributed by atoms with van der Waals surface area (Å²) in [6.07, 6.45) is 2.04. The SMILES string of the molecule is CCC(CC)c1cc(C)n2nc(-c3ccc(N(C)C)cc3C)n(C)c(=O)c12. The average molecular weight is 367 g/mol. The highest BCUT2D eigenvalue weighted by atomic mass is 16.1. The topological polar surface area (TPSA) is 42.5 Å². The zero-order chi connectivity index (χ0) is 19.9. The largest absolute Gasteiger partial charge is 0.378 e. The van der Waals surface area contributed by atoms with E-state index in [1.165, 1.54) is 0 Å². The predicted octanol–water partition coefficient (Wildman–Crippen LogP) is 4.29. The van der Waals surface area contributed by atoms with Gasteiger partial charge < -0.3 is 4.90 Å². The van der Waals surface area contributed by atoms with Crippen LogP contribution in [-0.4, -0.2) is 28.3 Å². The van der Waals surface area contributed by atoms with Crippen LogP contribution in [0.15, 0.2) is 29.1 Å². The third-order valence-electron chi connectivity index (χ3n) is 5.60. The number of hydrogen-bond donors (Lipinski definition) is 0. The summed E-state index contributed by atoms with van der Waals surface area (Å²) in [5.41, 5.74) is 6.09. The van der Waals surface area contributed by atoms with Crippen molar-refractivity contribution < 1.29 is 0 Å². The van der Waals surface area contributed by atoms with Crippen LogP contribution in [0.5, 0.6) is 0 Å². The van der Waals surface area contributed by atoms with Gasteiger partial charge in [-0.15, -0.1) is 5.10 Å². The third-order valence-corrected chi connectivity index (χ3v) is 5.60. The summed E-state index contributed by atoms with van der Waals surface area (Å²) < 4.78 is 3.53. The average Bonchev–Trinajstić information content (AvgIpc) is 2.96. The Morgan fingerprint density at radius 1 is 1.11 bits per heavy atom. The van der Waals surface area contributed by atoms with Crippen LogP contribution in [0.2, 0.25) is 0 Å². The van der Waals surface area contributed by atoms with Crippen molar-refractivity contribution in [3.05, 3.63) is 51.4 Å². The van der Waals surface area contributed by atoms with Crippen molar-refractivity contribution in [2.75, 3.05) is 19.0 Å². The van der Waals surface area contributed by atoms with Gasteiger partial charge in [0.1, 0.15) is 5.52 Å². The summed E-state index contributed by atoms with van der Waals surface area (Å²) in [7, 11) is 5.87. The number of aryl methyl sites for hydroxylation is 2. The van der Waals surface area contributed by atoms with Gasteiger partial charge in [-0.25, -0.2) is 4.52 Å². The first-order chi connectivity index (χ1) is 12.8. The minimum absolute atomic E-state index is 0.0195. The molecule has 0 unspecified atom stereocenters. The zero-order valence-corrected chi connectivity index (χ0v) is 17.5. The van der Waals surface area contributed by atoms with E-state index in [1.807, 2.05) is 32.6 Å². The Balaban J connectivity index is 2.27. The number of anilines is 1. The molecular formula is C22H30N4O. The Morgan fingerprint density at radius 3 is 2.33 bits per heavy atom.